The summed E-state index contributed by atoms with van der Waals surface area (Å²) in [5, 5.41) is -0.124. The number of nitrogens with one attached hydrogen (secondary N) is 1. The second-order valence-corrected chi connectivity index (χ2v) is 10.3. The first-order chi connectivity index (χ1) is 13.7. The van der Waals surface area contributed by atoms with E-state index in [0.717, 1.165) is 16.0 Å². The number of likely N-dealkylation sites (N-methyl/N-ethyl adjacent to an activating group) is 1. The summed E-state index contributed by atoms with van der Waals surface area (Å²) < 4.78 is 28.8. The molecule has 0 spiro atoms. The summed E-state index contributed by atoms with van der Waals surface area (Å²) in [5.41, 5.74) is 2.22. The van der Waals surface area contributed by atoms with Crippen molar-refractivity contribution in [3.8, 4) is 0 Å². The molecule has 0 saturated heterocycles. The molecule has 29 heavy (non-hydrogen) atoms. The van der Waals surface area contributed by atoms with Gasteiger partial charge in [-0.25, -0.2) is 13.4 Å². The average Bonchev–Trinajstić information content (AvgIpc) is 3.00. The minimum Gasteiger partial charge on any atom is -0.343 e. The van der Waals surface area contributed by atoms with Gasteiger partial charge in [0.05, 0.1) is 17.5 Å². The topological polar surface area (TPSA) is 79.4 Å². The van der Waals surface area contributed by atoms with Crippen LogP contribution in [0.25, 0.3) is 6.08 Å². The van der Waals surface area contributed by atoms with Gasteiger partial charge in [-0.3, -0.25) is 9.52 Å². The lowest BCUT2D eigenvalue weighted by molar-refractivity contribution is -0.130. The number of carbonyl (C=O) groups is 1. The quantitative estimate of drug-likeness (QED) is 0.646. The van der Waals surface area contributed by atoms with E-state index in [-0.39, 0.29) is 27.7 Å². The number of alkyl halides is 1. The fourth-order valence-corrected chi connectivity index (χ4v) is 6.36. The van der Waals surface area contributed by atoms with Crippen molar-refractivity contribution in [2.75, 3.05) is 17.8 Å². The van der Waals surface area contributed by atoms with Crippen molar-refractivity contribution in [3.05, 3.63) is 46.0 Å². The SMILES string of the molecule is CCN(CC)C(=O)Cc1cccc(NS(=O)(=O)c2sc3c(c2C)CC(Cl)C=C3)n1. The highest BCUT2D eigenvalue weighted by molar-refractivity contribution is 7.94. The molecule has 0 radical (unpaired) electrons. The standard InChI is InChI=1S/C20H24ClN3O3S2/c1-4-24(5-2)19(25)12-15-7-6-8-18(22-15)23-29(26,27)20-13(3)16-11-14(21)9-10-17(16)28-20/h6-10,14H,4-5,11-12H2,1-3H3,(H,22,23). The van der Waals surface area contributed by atoms with Crippen molar-refractivity contribution < 1.29 is 13.2 Å². The van der Waals surface area contributed by atoms with Crippen LogP contribution in [0, 0.1) is 6.92 Å². The molecule has 6 nitrogen and oxygen atoms in total. The van der Waals surface area contributed by atoms with E-state index in [1.54, 1.807) is 30.0 Å². The molecule has 1 amide bonds. The number of hydrogen-bond donors (Lipinski definition) is 1. The Morgan fingerprint density at radius 3 is 2.76 bits per heavy atom. The van der Waals surface area contributed by atoms with Gasteiger partial charge in [0.15, 0.2) is 0 Å². The number of thiophene rings is 1. The molecule has 3 rings (SSSR count). The molecule has 0 aromatic carbocycles. The van der Waals surface area contributed by atoms with Gasteiger partial charge in [0.2, 0.25) is 5.91 Å². The number of pyridine rings is 1. The van der Waals surface area contributed by atoms with Crippen LogP contribution in [0.15, 0.2) is 28.5 Å². The number of hydrogen-bond acceptors (Lipinski definition) is 5. The normalized spacial score (nSPS) is 15.8. The predicted octanol–water partition coefficient (Wildman–Crippen LogP) is 3.84. The molecular formula is C20H24ClN3O3S2. The number of nitrogens with zero attached hydrogens (tertiary/aromatic N) is 2. The van der Waals surface area contributed by atoms with Crippen molar-refractivity contribution in [2.45, 2.75) is 43.2 Å². The maximum atomic E-state index is 13.0. The van der Waals surface area contributed by atoms with Gasteiger partial charge in [0.25, 0.3) is 10.0 Å². The molecule has 1 atom stereocenters. The van der Waals surface area contributed by atoms with E-state index < -0.39 is 10.0 Å². The number of allylic oxidation sites excluding steroid dienone is 1. The molecule has 0 aliphatic heterocycles. The number of fused-ring (bicyclic) bond motifs is 1. The van der Waals surface area contributed by atoms with Crippen molar-refractivity contribution in [2.24, 2.45) is 0 Å². The summed E-state index contributed by atoms with van der Waals surface area (Å²) in [6, 6.07) is 5.00. The molecule has 1 unspecified atom stereocenters. The molecule has 1 aliphatic rings. The first kappa shape index (κ1) is 21.8. The van der Waals surface area contributed by atoms with Crippen LogP contribution >= 0.6 is 22.9 Å². The lowest BCUT2D eigenvalue weighted by Crippen LogP contribution is -2.32. The van der Waals surface area contributed by atoms with Gasteiger partial charge in [-0.2, -0.15) is 0 Å². The van der Waals surface area contributed by atoms with Gasteiger partial charge in [-0.05, 0) is 56.5 Å². The van der Waals surface area contributed by atoms with Crippen LogP contribution in [-0.2, 0) is 27.7 Å². The lowest BCUT2D eigenvalue weighted by Gasteiger charge is -2.18. The summed E-state index contributed by atoms with van der Waals surface area (Å²) in [7, 11) is -3.79. The lowest BCUT2D eigenvalue weighted by atomic mass is 10.0. The highest BCUT2D eigenvalue weighted by Gasteiger charge is 2.27. The second kappa shape index (κ2) is 8.85. The number of anilines is 1. The van der Waals surface area contributed by atoms with Gasteiger partial charge < -0.3 is 4.90 Å². The summed E-state index contributed by atoms with van der Waals surface area (Å²) in [4.78, 5) is 19.3. The Kier molecular flexibility index (Phi) is 6.65. The van der Waals surface area contributed by atoms with Crippen molar-refractivity contribution >= 4 is 50.8 Å². The van der Waals surface area contributed by atoms with Crippen LogP contribution in [0.2, 0.25) is 0 Å². The maximum Gasteiger partial charge on any atom is 0.272 e. The van der Waals surface area contributed by atoms with Crippen LogP contribution in [0.1, 0.15) is 35.5 Å². The van der Waals surface area contributed by atoms with Gasteiger partial charge in [-0.15, -0.1) is 22.9 Å². The molecule has 156 valence electrons. The third-order valence-electron chi connectivity index (χ3n) is 4.85. The number of carbonyl (C=O) groups excluding carboxylic acids is 1. The van der Waals surface area contributed by atoms with Crippen LogP contribution in [0.3, 0.4) is 0 Å². The van der Waals surface area contributed by atoms with E-state index in [1.165, 1.54) is 11.3 Å². The van der Waals surface area contributed by atoms with E-state index >= 15 is 0 Å². The molecule has 0 saturated carbocycles. The first-order valence-corrected chi connectivity index (χ1v) is 12.2. The minimum atomic E-state index is -3.79. The zero-order chi connectivity index (χ0) is 21.2. The van der Waals surface area contributed by atoms with Crippen molar-refractivity contribution in [3.63, 3.8) is 0 Å². The van der Waals surface area contributed by atoms with E-state index in [2.05, 4.69) is 9.71 Å². The number of halogens is 1. The summed E-state index contributed by atoms with van der Waals surface area (Å²) in [6.07, 6.45) is 4.50. The van der Waals surface area contributed by atoms with Gasteiger partial charge >= 0.3 is 0 Å². The van der Waals surface area contributed by atoms with E-state index in [0.29, 0.717) is 25.2 Å². The maximum absolute atomic E-state index is 13.0. The third kappa shape index (κ3) is 4.82. The molecule has 9 heteroatoms. The van der Waals surface area contributed by atoms with Crippen LogP contribution in [0.4, 0.5) is 5.82 Å². The Morgan fingerprint density at radius 1 is 1.34 bits per heavy atom. The third-order valence-corrected chi connectivity index (χ3v) is 8.43. The Hall–Kier alpha value is -1.90. The molecular weight excluding hydrogens is 430 g/mol. The smallest absolute Gasteiger partial charge is 0.272 e. The molecule has 0 fully saturated rings. The van der Waals surface area contributed by atoms with Crippen LogP contribution in [-0.4, -0.2) is 42.7 Å². The monoisotopic (exact) mass is 453 g/mol. The highest BCUT2D eigenvalue weighted by atomic mass is 35.5. The molecule has 2 aromatic heterocycles. The Bertz CT molecular complexity index is 1040. The summed E-state index contributed by atoms with van der Waals surface area (Å²) in [6.45, 7) is 6.90. The van der Waals surface area contributed by atoms with Crippen molar-refractivity contribution in [1.29, 1.82) is 0 Å². The zero-order valence-electron chi connectivity index (χ0n) is 16.6. The van der Waals surface area contributed by atoms with E-state index in [4.69, 9.17) is 11.6 Å². The molecule has 0 bridgehead atoms. The van der Waals surface area contributed by atoms with Gasteiger partial charge in [0, 0.05) is 18.0 Å². The van der Waals surface area contributed by atoms with Crippen LogP contribution < -0.4 is 4.72 Å². The Balaban J connectivity index is 1.82. The zero-order valence-corrected chi connectivity index (χ0v) is 19.0. The van der Waals surface area contributed by atoms with Gasteiger partial charge in [0.1, 0.15) is 10.0 Å². The largest absolute Gasteiger partial charge is 0.343 e. The van der Waals surface area contributed by atoms with E-state index in [9.17, 15) is 13.2 Å². The number of aromatic nitrogens is 1. The summed E-state index contributed by atoms with van der Waals surface area (Å²) >= 11 is 7.41. The Labute approximate surface area is 180 Å². The van der Waals surface area contributed by atoms with Crippen molar-refractivity contribution in [1.82, 2.24) is 9.88 Å². The first-order valence-electron chi connectivity index (χ1n) is 9.46. The van der Waals surface area contributed by atoms with Gasteiger partial charge in [-0.1, -0.05) is 12.1 Å². The second-order valence-electron chi connectivity index (χ2n) is 6.80. The fourth-order valence-electron chi connectivity index (χ4n) is 3.31. The Morgan fingerprint density at radius 2 is 2.07 bits per heavy atom. The molecule has 1 aliphatic carbocycles. The number of amides is 1. The molecule has 2 aromatic rings. The fraction of sp³-hybridized carbons (Fsp3) is 0.400. The predicted molar refractivity (Wildman–Crippen MR) is 118 cm³/mol. The highest BCUT2D eigenvalue weighted by Crippen LogP contribution is 2.37. The number of sulfonamides is 1. The van der Waals surface area contributed by atoms with Crippen LogP contribution in [0.5, 0.6) is 0 Å². The molecule has 1 N–H and O–H groups in total. The summed E-state index contributed by atoms with van der Waals surface area (Å²) in [5.74, 6) is 0.165. The molecule has 2 heterocycles. The minimum absolute atomic E-state index is 0.0355. The average molecular weight is 454 g/mol. The van der Waals surface area contributed by atoms with E-state index in [1.807, 2.05) is 26.0 Å². The number of rotatable bonds is 7.